The number of carbonyl (C=O) groups excluding carboxylic acids is 2. The number of Topliss-reactive ketones (excluding diaryl/α,β-unsaturated/α-hetero) is 1. The van der Waals surface area contributed by atoms with Gasteiger partial charge in [0.1, 0.15) is 6.61 Å². The Bertz CT molecular complexity index is 989. The number of hydrogen-bond donors (Lipinski definition) is 1. The summed E-state index contributed by atoms with van der Waals surface area (Å²) in [6.45, 7) is 6.88. The van der Waals surface area contributed by atoms with Crippen LogP contribution >= 0.6 is 23.2 Å². The smallest absolute Gasteiger partial charge is 0.336 e. The number of allylic oxidation sites excluding steroid dienone is 3. The Morgan fingerprint density at radius 1 is 1.29 bits per heavy atom. The number of rotatable bonds is 4. The molecule has 1 saturated heterocycles. The molecule has 0 bridgehead atoms. The van der Waals surface area contributed by atoms with Gasteiger partial charge in [-0.25, -0.2) is 4.79 Å². The van der Waals surface area contributed by atoms with Gasteiger partial charge in [0.15, 0.2) is 5.78 Å². The molecule has 4 rings (SSSR count). The third-order valence-electron chi connectivity index (χ3n) is 6.16. The highest BCUT2D eigenvalue weighted by Gasteiger charge is 2.43. The normalized spacial score (nSPS) is 25.4. The number of esters is 1. The molecule has 0 unspecified atom stereocenters. The van der Waals surface area contributed by atoms with Crippen molar-refractivity contribution in [1.29, 1.82) is 0 Å². The second kappa shape index (κ2) is 8.61. The number of nitrogens with one attached hydrogen (secondary N) is 1. The molecule has 7 heteroatoms. The van der Waals surface area contributed by atoms with Gasteiger partial charge < -0.3 is 14.8 Å². The highest BCUT2D eigenvalue weighted by atomic mass is 35.5. The number of benzene rings is 1. The zero-order valence-electron chi connectivity index (χ0n) is 18.0. The van der Waals surface area contributed by atoms with Crippen LogP contribution in [0.2, 0.25) is 10.0 Å². The van der Waals surface area contributed by atoms with E-state index in [1.165, 1.54) is 0 Å². The fraction of sp³-hybridized carbons (Fsp3) is 0.500. The van der Waals surface area contributed by atoms with E-state index in [9.17, 15) is 9.59 Å². The average molecular weight is 464 g/mol. The fourth-order valence-corrected chi connectivity index (χ4v) is 5.29. The minimum Gasteiger partial charge on any atom is -0.459 e. The Morgan fingerprint density at radius 3 is 2.74 bits per heavy atom. The maximum Gasteiger partial charge on any atom is 0.336 e. The van der Waals surface area contributed by atoms with Crippen LogP contribution in [0.25, 0.3) is 0 Å². The van der Waals surface area contributed by atoms with Crippen LogP contribution in [0.5, 0.6) is 0 Å². The van der Waals surface area contributed by atoms with Crippen LogP contribution in [0.1, 0.15) is 57.9 Å². The van der Waals surface area contributed by atoms with Crippen molar-refractivity contribution in [3.05, 3.63) is 56.3 Å². The monoisotopic (exact) mass is 463 g/mol. The molecular weight excluding hydrogens is 437 g/mol. The van der Waals surface area contributed by atoms with Crippen LogP contribution in [0.4, 0.5) is 0 Å². The van der Waals surface area contributed by atoms with E-state index in [1.807, 2.05) is 6.92 Å². The van der Waals surface area contributed by atoms with Gasteiger partial charge in [-0.15, -0.1) is 0 Å². The van der Waals surface area contributed by atoms with E-state index >= 15 is 0 Å². The largest absolute Gasteiger partial charge is 0.459 e. The number of hydrogen-bond acceptors (Lipinski definition) is 5. The Hall–Kier alpha value is -1.82. The summed E-state index contributed by atoms with van der Waals surface area (Å²) in [4.78, 5) is 26.5. The van der Waals surface area contributed by atoms with Gasteiger partial charge in [0.05, 0.1) is 11.7 Å². The Labute approximate surface area is 192 Å². The molecule has 1 aromatic rings. The molecule has 2 aliphatic heterocycles. The van der Waals surface area contributed by atoms with Gasteiger partial charge in [0.2, 0.25) is 0 Å². The molecule has 0 radical (unpaired) electrons. The molecule has 166 valence electrons. The molecule has 3 aliphatic rings. The first-order valence-electron chi connectivity index (χ1n) is 10.6. The average Bonchev–Trinajstić information content (AvgIpc) is 3.17. The van der Waals surface area contributed by atoms with E-state index in [1.54, 1.807) is 18.2 Å². The van der Waals surface area contributed by atoms with Crippen LogP contribution in [0.15, 0.2) is 40.7 Å². The Balaban J connectivity index is 1.75. The maximum absolute atomic E-state index is 13.3. The van der Waals surface area contributed by atoms with Crippen molar-refractivity contribution < 1.29 is 19.1 Å². The van der Waals surface area contributed by atoms with Crippen molar-refractivity contribution in [3.8, 4) is 0 Å². The third kappa shape index (κ3) is 4.55. The second-order valence-electron chi connectivity index (χ2n) is 9.33. The van der Waals surface area contributed by atoms with Gasteiger partial charge in [0, 0.05) is 46.0 Å². The first kappa shape index (κ1) is 22.4. The highest BCUT2D eigenvalue weighted by Crippen LogP contribution is 2.48. The molecule has 31 heavy (non-hydrogen) atoms. The van der Waals surface area contributed by atoms with Crippen LogP contribution in [0.3, 0.4) is 0 Å². The summed E-state index contributed by atoms with van der Waals surface area (Å²) in [5.41, 5.74) is 3.06. The first-order valence-corrected chi connectivity index (χ1v) is 11.4. The molecule has 1 N–H and O–H groups in total. The first-order chi connectivity index (χ1) is 14.7. The molecule has 0 saturated carbocycles. The van der Waals surface area contributed by atoms with Gasteiger partial charge in [-0.1, -0.05) is 43.1 Å². The quantitative estimate of drug-likeness (QED) is 0.612. The number of ether oxygens (including phenoxy) is 2. The lowest BCUT2D eigenvalue weighted by atomic mass is 9.68. The van der Waals surface area contributed by atoms with E-state index in [0.717, 1.165) is 18.5 Å². The van der Waals surface area contributed by atoms with Crippen LogP contribution < -0.4 is 5.32 Å². The zero-order valence-corrected chi connectivity index (χ0v) is 19.5. The third-order valence-corrected chi connectivity index (χ3v) is 6.72. The minimum absolute atomic E-state index is 0.0201. The van der Waals surface area contributed by atoms with Crippen LogP contribution in [-0.4, -0.2) is 31.1 Å². The number of halogens is 2. The van der Waals surface area contributed by atoms with E-state index in [4.69, 9.17) is 32.7 Å². The number of ketones is 1. The van der Waals surface area contributed by atoms with Gasteiger partial charge >= 0.3 is 5.97 Å². The summed E-state index contributed by atoms with van der Waals surface area (Å²) in [5.74, 6) is -1.03. The Morgan fingerprint density at radius 2 is 2.06 bits per heavy atom. The summed E-state index contributed by atoms with van der Waals surface area (Å²) in [6.07, 6.45) is 2.89. The van der Waals surface area contributed by atoms with Crippen LogP contribution in [-0.2, 0) is 19.1 Å². The van der Waals surface area contributed by atoms with E-state index < -0.39 is 11.9 Å². The zero-order chi connectivity index (χ0) is 22.3. The van der Waals surface area contributed by atoms with Gasteiger partial charge in [-0.2, -0.15) is 0 Å². The summed E-state index contributed by atoms with van der Waals surface area (Å²) < 4.78 is 11.2. The molecule has 2 heterocycles. The topological polar surface area (TPSA) is 64.6 Å². The van der Waals surface area contributed by atoms with E-state index in [-0.39, 0.29) is 23.9 Å². The summed E-state index contributed by atoms with van der Waals surface area (Å²) >= 11 is 12.7. The van der Waals surface area contributed by atoms with Gasteiger partial charge in [0.25, 0.3) is 0 Å². The summed E-state index contributed by atoms with van der Waals surface area (Å²) in [6, 6.07) is 5.16. The van der Waals surface area contributed by atoms with Gasteiger partial charge in [-0.3, -0.25) is 4.79 Å². The summed E-state index contributed by atoms with van der Waals surface area (Å²) in [5, 5.41) is 4.25. The summed E-state index contributed by atoms with van der Waals surface area (Å²) in [7, 11) is 0. The molecule has 2 atom stereocenters. The molecule has 1 fully saturated rings. The number of carbonyl (C=O) groups is 2. The van der Waals surface area contributed by atoms with Crippen molar-refractivity contribution in [2.24, 2.45) is 5.41 Å². The van der Waals surface area contributed by atoms with Crippen molar-refractivity contribution in [2.75, 3.05) is 13.2 Å². The highest BCUT2D eigenvalue weighted by molar-refractivity contribution is 6.35. The van der Waals surface area contributed by atoms with Crippen molar-refractivity contribution >= 4 is 35.0 Å². The minimum atomic E-state index is -0.596. The standard InChI is InChI=1S/C24H27Cl2NO4/c1-13-20(23(29)31-12-15-5-4-8-30-15)21(16-7-6-14(25)9-17(16)26)22-18(27-13)10-24(2,3)11-19(22)28/h6-7,9,15,21,27H,4-5,8,10-12H2,1-3H3/t15-,21-/m1/s1. The molecule has 0 spiro atoms. The fourth-order valence-electron chi connectivity index (χ4n) is 4.78. The lowest BCUT2D eigenvalue weighted by Crippen LogP contribution is -2.39. The molecule has 0 aromatic heterocycles. The second-order valence-corrected chi connectivity index (χ2v) is 10.2. The SMILES string of the molecule is CC1=C(C(=O)OC[C@H]2CCCO2)[C@@H](c2ccc(Cl)cc2Cl)C2=C(CC(C)(C)CC2=O)N1. The predicted molar refractivity (Wildman–Crippen MR) is 120 cm³/mol. The van der Waals surface area contributed by atoms with Gasteiger partial charge in [-0.05, 0) is 49.3 Å². The molecule has 0 amide bonds. The maximum atomic E-state index is 13.3. The Kier molecular flexibility index (Phi) is 6.21. The molecule has 1 aromatic carbocycles. The van der Waals surface area contributed by atoms with Crippen molar-refractivity contribution in [3.63, 3.8) is 0 Å². The van der Waals surface area contributed by atoms with E-state index in [2.05, 4.69) is 19.2 Å². The predicted octanol–water partition coefficient (Wildman–Crippen LogP) is 5.32. The van der Waals surface area contributed by atoms with E-state index in [0.29, 0.717) is 51.9 Å². The van der Waals surface area contributed by atoms with Crippen LogP contribution in [0, 0.1) is 5.41 Å². The molecular formula is C24H27Cl2NO4. The lowest BCUT2D eigenvalue weighted by molar-refractivity contribution is -0.142. The lowest BCUT2D eigenvalue weighted by Gasteiger charge is -2.39. The molecule has 5 nitrogen and oxygen atoms in total. The number of dihydropyridines is 1. The van der Waals surface area contributed by atoms with Crippen molar-refractivity contribution in [2.45, 2.75) is 58.5 Å². The van der Waals surface area contributed by atoms with Crippen molar-refractivity contribution in [1.82, 2.24) is 5.32 Å². The molecule has 1 aliphatic carbocycles.